The van der Waals surface area contributed by atoms with Gasteiger partial charge in [0.1, 0.15) is 11.6 Å². The monoisotopic (exact) mass is 285 g/mol. The molecular weight excluding hydrogens is 272 g/mol. The predicted octanol–water partition coefficient (Wildman–Crippen LogP) is 3.91. The van der Waals surface area contributed by atoms with Crippen LogP contribution in [0.15, 0.2) is 40.6 Å². The summed E-state index contributed by atoms with van der Waals surface area (Å²) in [6, 6.07) is 7.61. The lowest BCUT2D eigenvalue weighted by Gasteiger charge is -2.04. The highest BCUT2D eigenvalue weighted by Gasteiger charge is 2.03. The Labute approximate surface area is 113 Å². The Morgan fingerprint density at radius 2 is 2.11 bits per heavy atom. The number of thioether (sulfide) groups is 1. The fourth-order valence-corrected chi connectivity index (χ4v) is 2.99. The first-order valence-corrected chi connectivity index (χ1v) is 7.43. The van der Waals surface area contributed by atoms with Gasteiger partial charge in [-0.3, -0.25) is 0 Å². The van der Waals surface area contributed by atoms with Crippen molar-refractivity contribution in [3.05, 3.63) is 52.2 Å². The summed E-state index contributed by atoms with van der Waals surface area (Å²) in [7, 11) is 0. The van der Waals surface area contributed by atoms with Crippen molar-refractivity contribution >= 4 is 23.1 Å². The zero-order valence-corrected chi connectivity index (χ0v) is 11.3. The maximum absolute atomic E-state index is 13.3. The van der Waals surface area contributed by atoms with Crippen LogP contribution in [0.1, 0.15) is 4.88 Å². The van der Waals surface area contributed by atoms with Gasteiger partial charge in [0.05, 0.1) is 0 Å². The molecule has 0 aliphatic rings. The zero-order valence-electron chi connectivity index (χ0n) is 9.66. The molecule has 0 radical (unpaired) electrons. The van der Waals surface area contributed by atoms with Gasteiger partial charge in [0.25, 0.3) is 0 Å². The lowest BCUT2D eigenvalue weighted by atomic mass is 10.3. The van der Waals surface area contributed by atoms with Crippen LogP contribution in [0, 0.1) is 11.6 Å². The van der Waals surface area contributed by atoms with Crippen LogP contribution in [0.25, 0.3) is 0 Å². The highest BCUT2D eigenvalue weighted by Crippen LogP contribution is 2.22. The second-order valence-electron chi connectivity index (χ2n) is 3.68. The summed E-state index contributed by atoms with van der Waals surface area (Å²) in [5.41, 5.74) is 0. The minimum absolute atomic E-state index is 0.361. The lowest BCUT2D eigenvalue weighted by Crippen LogP contribution is -2.15. The summed E-state index contributed by atoms with van der Waals surface area (Å²) in [6.45, 7) is 1.59. The number of rotatable bonds is 6. The second kappa shape index (κ2) is 6.87. The molecule has 96 valence electrons. The van der Waals surface area contributed by atoms with E-state index in [1.807, 2.05) is 11.4 Å². The van der Waals surface area contributed by atoms with Crippen LogP contribution in [0.3, 0.4) is 0 Å². The Morgan fingerprint density at radius 1 is 1.22 bits per heavy atom. The van der Waals surface area contributed by atoms with Gasteiger partial charge >= 0.3 is 0 Å². The largest absolute Gasteiger partial charge is 0.311 e. The first kappa shape index (κ1) is 13.5. The molecule has 1 N–H and O–H groups in total. The Hall–Kier alpha value is -0.910. The van der Waals surface area contributed by atoms with Gasteiger partial charge in [0.15, 0.2) is 0 Å². The molecule has 0 atom stereocenters. The number of benzene rings is 1. The van der Waals surface area contributed by atoms with Gasteiger partial charge in [0, 0.05) is 28.6 Å². The summed E-state index contributed by atoms with van der Waals surface area (Å²) in [5.74, 6) is -0.0451. The molecule has 5 heteroatoms. The standard InChI is InChI=1S/C13H13F2NS2/c14-10-3-4-12(15)13(8-10)18-7-5-16-9-11-2-1-6-17-11/h1-4,6,8,16H,5,7,9H2. The van der Waals surface area contributed by atoms with Gasteiger partial charge in [-0.1, -0.05) is 6.07 Å². The maximum Gasteiger partial charge on any atom is 0.136 e. The summed E-state index contributed by atoms with van der Waals surface area (Å²) in [5, 5.41) is 5.30. The van der Waals surface area contributed by atoms with Crippen LogP contribution in [0.5, 0.6) is 0 Å². The maximum atomic E-state index is 13.3. The Bertz CT molecular complexity index is 486. The Morgan fingerprint density at radius 3 is 2.89 bits per heavy atom. The van der Waals surface area contributed by atoms with E-state index in [1.165, 1.54) is 22.7 Å². The van der Waals surface area contributed by atoms with Gasteiger partial charge in [-0.15, -0.1) is 23.1 Å². The summed E-state index contributed by atoms with van der Waals surface area (Å²) in [6.07, 6.45) is 0. The van der Waals surface area contributed by atoms with Gasteiger partial charge in [-0.05, 0) is 29.6 Å². The van der Waals surface area contributed by atoms with E-state index >= 15 is 0 Å². The predicted molar refractivity (Wildman–Crippen MR) is 73.1 cm³/mol. The third kappa shape index (κ3) is 4.08. The number of hydrogen-bond acceptors (Lipinski definition) is 3. The fourth-order valence-electron chi connectivity index (χ4n) is 1.45. The van der Waals surface area contributed by atoms with E-state index in [2.05, 4.69) is 11.4 Å². The van der Waals surface area contributed by atoms with Crippen LogP contribution in [0.4, 0.5) is 8.78 Å². The summed E-state index contributed by atoms with van der Waals surface area (Å²) in [4.78, 5) is 1.64. The van der Waals surface area contributed by atoms with Crippen molar-refractivity contribution < 1.29 is 8.78 Å². The van der Waals surface area contributed by atoms with Crippen molar-refractivity contribution in [3.8, 4) is 0 Å². The third-order valence-corrected chi connectivity index (χ3v) is 4.22. The molecule has 2 aromatic rings. The SMILES string of the molecule is Fc1ccc(F)c(SCCNCc2cccs2)c1. The lowest BCUT2D eigenvalue weighted by molar-refractivity contribution is 0.577. The molecule has 18 heavy (non-hydrogen) atoms. The van der Waals surface area contributed by atoms with Crippen molar-refractivity contribution in [1.29, 1.82) is 0 Å². The van der Waals surface area contributed by atoms with E-state index in [0.717, 1.165) is 25.2 Å². The molecule has 0 fully saturated rings. The van der Waals surface area contributed by atoms with Gasteiger partial charge in [-0.2, -0.15) is 0 Å². The highest BCUT2D eigenvalue weighted by molar-refractivity contribution is 7.99. The molecule has 0 aliphatic carbocycles. The zero-order chi connectivity index (χ0) is 12.8. The van der Waals surface area contributed by atoms with Crippen LogP contribution < -0.4 is 5.32 Å². The number of halogens is 2. The number of thiophene rings is 1. The average molecular weight is 285 g/mol. The van der Waals surface area contributed by atoms with Gasteiger partial charge in [0.2, 0.25) is 0 Å². The Kier molecular flexibility index (Phi) is 5.16. The molecule has 0 amide bonds. The van der Waals surface area contributed by atoms with Crippen molar-refractivity contribution in [2.75, 3.05) is 12.3 Å². The quantitative estimate of drug-likeness (QED) is 0.638. The number of hydrogen-bond donors (Lipinski definition) is 1. The molecule has 1 aromatic carbocycles. The minimum atomic E-state index is -0.398. The first-order valence-electron chi connectivity index (χ1n) is 5.56. The molecule has 0 unspecified atom stereocenters. The molecule has 1 aromatic heterocycles. The van der Waals surface area contributed by atoms with E-state index in [0.29, 0.717) is 10.6 Å². The van der Waals surface area contributed by atoms with Gasteiger partial charge in [-0.25, -0.2) is 8.78 Å². The van der Waals surface area contributed by atoms with E-state index < -0.39 is 5.82 Å². The first-order chi connectivity index (χ1) is 8.75. The summed E-state index contributed by atoms with van der Waals surface area (Å²) < 4.78 is 26.2. The second-order valence-corrected chi connectivity index (χ2v) is 5.85. The third-order valence-electron chi connectivity index (χ3n) is 2.31. The van der Waals surface area contributed by atoms with Crippen molar-refractivity contribution in [2.45, 2.75) is 11.4 Å². The molecule has 0 bridgehead atoms. The van der Waals surface area contributed by atoms with Crippen LogP contribution >= 0.6 is 23.1 Å². The molecule has 0 saturated carbocycles. The minimum Gasteiger partial charge on any atom is -0.311 e. The van der Waals surface area contributed by atoms with E-state index in [1.54, 1.807) is 11.3 Å². The fraction of sp³-hybridized carbons (Fsp3) is 0.231. The van der Waals surface area contributed by atoms with E-state index in [-0.39, 0.29) is 5.82 Å². The number of nitrogens with one attached hydrogen (secondary N) is 1. The topological polar surface area (TPSA) is 12.0 Å². The Balaban J connectivity index is 1.70. The van der Waals surface area contributed by atoms with E-state index in [4.69, 9.17) is 0 Å². The molecule has 1 nitrogen and oxygen atoms in total. The molecule has 0 aliphatic heterocycles. The van der Waals surface area contributed by atoms with Crippen molar-refractivity contribution in [2.24, 2.45) is 0 Å². The average Bonchev–Trinajstić information content (AvgIpc) is 2.86. The molecule has 2 rings (SSSR count). The van der Waals surface area contributed by atoms with Crippen LogP contribution in [0.2, 0.25) is 0 Å². The highest BCUT2D eigenvalue weighted by atomic mass is 32.2. The molecule has 0 saturated heterocycles. The molecule has 1 heterocycles. The van der Waals surface area contributed by atoms with Crippen molar-refractivity contribution in [3.63, 3.8) is 0 Å². The molecule has 0 spiro atoms. The summed E-state index contributed by atoms with van der Waals surface area (Å²) >= 11 is 3.03. The van der Waals surface area contributed by atoms with Gasteiger partial charge < -0.3 is 5.32 Å². The van der Waals surface area contributed by atoms with Crippen LogP contribution in [-0.4, -0.2) is 12.3 Å². The van der Waals surface area contributed by atoms with Crippen LogP contribution in [-0.2, 0) is 6.54 Å². The normalized spacial score (nSPS) is 10.8. The van der Waals surface area contributed by atoms with E-state index in [9.17, 15) is 8.78 Å². The molecular formula is C13H13F2NS2. The smallest absolute Gasteiger partial charge is 0.136 e. The van der Waals surface area contributed by atoms with Crippen molar-refractivity contribution in [1.82, 2.24) is 5.32 Å².